The number of hydrogen-bond acceptors (Lipinski definition) is 4. The number of aromatic nitrogens is 2. The average molecular weight is 248 g/mol. The van der Waals surface area contributed by atoms with Crippen LogP contribution in [0, 0.1) is 13.8 Å². The van der Waals surface area contributed by atoms with Crippen LogP contribution in [0.15, 0.2) is 6.20 Å². The van der Waals surface area contributed by atoms with E-state index in [9.17, 15) is 0 Å². The Kier molecular flexibility index (Phi) is 4.53. The van der Waals surface area contributed by atoms with Gasteiger partial charge in [0.15, 0.2) is 0 Å². The SMILES string of the molecule is CCCN1CCCC(Nc2nc(C)cnc2C)C1. The van der Waals surface area contributed by atoms with Crippen LogP contribution < -0.4 is 5.32 Å². The minimum Gasteiger partial charge on any atom is -0.365 e. The Bertz CT molecular complexity index is 389. The predicted octanol–water partition coefficient (Wildman–Crippen LogP) is 2.38. The van der Waals surface area contributed by atoms with Crippen LogP contribution in [0.2, 0.25) is 0 Å². The predicted molar refractivity (Wildman–Crippen MR) is 74.9 cm³/mol. The van der Waals surface area contributed by atoms with Crippen LogP contribution >= 0.6 is 0 Å². The Labute approximate surface area is 110 Å². The fraction of sp³-hybridized carbons (Fsp3) is 0.714. The van der Waals surface area contributed by atoms with Gasteiger partial charge in [-0.2, -0.15) is 0 Å². The van der Waals surface area contributed by atoms with Gasteiger partial charge in [-0.25, -0.2) is 4.98 Å². The van der Waals surface area contributed by atoms with Crippen molar-refractivity contribution in [1.82, 2.24) is 14.9 Å². The number of anilines is 1. The van der Waals surface area contributed by atoms with E-state index >= 15 is 0 Å². The largest absolute Gasteiger partial charge is 0.365 e. The second kappa shape index (κ2) is 6.14. The Balaban J connectivity index is 1.98. The first-order valence-corrected chi connectivity index (χ1v) is 6.98. The maximum atomic E-state index is 4.55. The van der Waals surface area contributed by atoms with Crippen molar-refractivity contribution < 1.29 is 0 Å². The first-order chi connectivity index (χ1) is 8.69. The van der Waals surface area contributed by atoms with E-state index in [1.54, 1.807) is 0 Å². The number of rotatable bonds is 4. The molecule has 0 aromatic carbocycles. The van der Waals surface area contributed by atoms with E-state index in [2.05, 4.69) is 27.1 Å². The molecule has 1 atom stereocenters. The van der Waals surface area contributed by atoms with Gasteiger partial charge in [-0.1, -0.05) is 6.92 Å². The van der Waals surface area contributed by atoms with Gasteiger partial charge in [-0.3, -0.25) is 4.98 Å². The molecule has 4 nitrogen and oxygen atoms in total. The van der Waals surface area contributed by atoms with Crippen LogP contribution in [0.3, 0.4) is 0 Å². The van der Waals surface area contributed by atoms with Crippen LogP contribution in [0.25, 0.3) is 0 Å². The first-order valence-electron chi connectivity index (χ1n) is 6.98. The molecule has 1 aliphatic heterocycles. The summed E-state index contributed by atoms with van der Waals surface area (Å²) in [5.74, 6) is 0.957. The van der Waals surface area contributed by atoms with Crippen molar-refractivity contribution in [3.05, 3.63) is 17.6 Å². The van der Waals surface area contributed by atoms with Gasteiger partial charge in [0.2, 0.25) is 0 Å². The number of nitrogens with one attached hydrogen (secondary N) is 1. The third kappa shape index (κ3) is 3.42. The molecule has 0 amide bonds. The highest BCUT2D eigenvalue weighted by atomic mass is 15.2. The van der Waals surface area contributed by atoms with Crippen molar-refractivity contribution >= 4 is 5.82 Å². The summed E-state index contributed by atoms with van der Waals surface area (Å²) in [4.78, 5) is 11.4. The maximum Gasteiger partial charge on any atom is 0.148 e. The summed E-state index contributed by atoms with van der Waals surface area (Å²) in [5, 5.41) is 3.56. The first kappa shape index (κ1) is 13.3. The third-order valence-electron chi connectivity index (χ3n) is 3.46. The van der Waals surface area contributed by atoms with E-state index in [-0.39, 0.29) is 0 Å². The molecule has 1 N–H and O–H groups in total. The molecule has 1 saturated heterocycles. The zero-order valence-corrected chi connectivity index (χ0v) is 11.7. The summed E-state index contributed by atoms with van der Waals surface area (Å²) < 4.78 is 0. The van der Waals surface area contributed by atoms with Crippen molar-refractivity contribution in [2.45, 2.75) is 46.1 Å². The number of nitrogens with zero attached hydrogens (tertiary/aromatic N) is 3. The summed E-state index contributed by atoms with van der Waals surface area (Å²) in [5.41, 5.74) is 1.97. The third-order valence-corrected chi connectivity index (χ3v) is 3.46. The van der Waals surface area contributed by atoms with E-state index in [4.69, 9.17) is 0 Å². The zero-order valence-electron chi connectivity index (χ0n) is 11.7. The van der Waals surface area contributed by atoms with Crippen LogP contribution in [0.4, 0.5) is 5.82 Å². The number of aryl methyl sites for hydroxylation is 2. The van der Waals surface area contributed by atoms with Gasteiger partial charge in [-0.05, 0) is 46.2 Å². The number of piperidine rings is 1. The van der Waals surface area contributed by atoms with Gasteiger partial charge >= 0.3 is 0 Å². The van der Waals surface area contributed by atoms with Crippen LogP contribution in [-0.4, -0.2) is 40.5 Å². The molecule has 0 spiro atoms. The van der Waals surface area contributed by atoms with Crippen molar-refractivity contribution in [2.24, 2.45) is 0 Å². The lowest BCUT2D eigenvalue weighted by atomic mass is 10.1. The van der Waals surface area contributed by atoms with Gasteiger partial charge in [0, 0.05) is 18.8 Å². The molecule has 100 valence electrons. The number of hydrogen-bond donors (Lipinski definition) is 1. The summed E-state index contributed by atoms with van der Waals surface area (Å²) in [6.07, 6.45) is 5.56. The van der Waals surface area contributed by atoms with Crippen molar-refractivity contribution in [3.63, 3.8) is 0 Å². The van der Waals surface area contributed by atoms with Crippen molar-refractivity contribution in [1.29, 1.82) is 0 Å². The molecular weight excluding hydrogens is 224 g/mol. The molecule has 2 rings (SSSR count). The minimum atomic E-state index is 0.514. The Morgan fingerprint density at radius 3 is 3.06 bits per heavy atom. The highest BCUT2D eigenvalue weighted by molar-refractivity contribution is 5.40. The molecule has 0 saturated carbocycles. The van der Waals surface area contributed by atoms with Gasteiger partial charge in [0.1, 0.15) is 5.82 Å². The summed E-state index contributed by atoms with van der Waals surface area (Å²) in [6.45, 7) is 9.82. The van der Waals surface area contributed by atoms with E-state index in [1.165, 1.54) is 32.4 Å². The fourth-order valence-corrected chi connectivity index (χ4v) is 2.56. The smallest absolute Gasteiger partial charge is 0.148 e. The van der Waals surface area contributed by atoms with Crippen LogP contribution in [0.1, 0.15) is 37.6 Å². The molecule has 4 heteroatoms. The Morgan fingerprint density at radius 2 is 2.28 bits per heavy atom. The van der Waals surface area contributed by atoms with Gasteiger partial charge in [0.25, 0.3) is 0 Å². The minimum absolute atomic E-state index is 0.514. The van der Waals surface area contributed by atoms with E-state index in [0.29, 0.717) is 6.04 Å². The monoisotopic (exact) mass is 248 g/mol. The Morgan fingerprint density at radius 1 is 1.44 bits per heavy atom. The van der Waals surface area contributed by atoms with Crippen LogP contribution in [0.5, 0.6) is 0 Å². The molecule has 0 radical (unpaired) electrons. The fourth-order valence-electron chi connectivity index (χ4n) is 2.56. The molecule has 18 heavy (non-hydrogen) atoms. The lowest BCUT2D eigenvalue weighted by molar-refractivity contribution is 0.216. The second-order valence-corrected chi connectivity index (χ2v) is 5.23. The van der Waals surface area contributed by atoms with E-state index in [1.807, 2.05) is 20.0 Å². The highest BCUT2D eigenvalue weighted by Crippen LogP contribution is 2.16. The summed E-state index contributed by atoms with van der Waals surface area (Å²) in [7, 11) is 0. The molecule has 1 fully saturated rings. The van der Waals surface area contributed by atoms with Gasteiger partial charge in [0.05, 0.1) is 11.4 Å². The maximum absolute atomic E-state index is 4.55. The van der Waals surface area contributed by atoms with E-state index < -0.39 is 0 Å². The molecule has 0 aliphatic carbocycles. The standard InChI is InChI=1S/C14H24N4/c1-4-7-18-8-5-6-13(10-18)17-14-12(3)15-9-11(2)16-14/h9,13H,4-8,10H2,1-3H3,(H,16,17). The molecular formula is C14H24N4. The topological polar surface area (TPSA) is 41.0 Å². The lowest BCUT2D eigenvalue weighted by Gasteiger charge is -2.33. The van der Waals surface area contributed by atoms with Crippen molar-refractivity contribution in [2.75, 3.05) is 25.0 Å². The Hall–Kier alpha value is -1.16. The van der Waals surface area contributed by atoms with E-state index in [0.717, 1.165) is 23.8 Å². The zero-order chi connectivity index (χ0) is 13.0. The van der Waals surface area contributed by atoms with Gasteiger partial charge < -0.3 is 10.2 Å². The molecule has 1 aromatic rings. The molecule has 1 unspecified atom stereocenters. The lowest BCUT2D eigenvalue weighted by Crippen LogP contribution is -2.42. The molecule has 2 heterocycles. The molecule has 1 aliphatic rings. The highest BCUT2D eigenvalue weighted by Gasteiger charge is 2.19. The average Bonchev–Trinajstić information content (AvgIpc) is 2.35. The molecule has 1 aromatic heterocycles. The summed E-state index contributed by atoms with van der Waals surface area (Å²) in [6, 6.07) is 0.514. The van der Waals surface area contributed by atoms with Crippen LogP contribution in [-0.2, 0) is 0 Å². The van der Waals surface area contributed by atoms with Crippen molar-refractivity contribution in [3.8, 4) is 0 Å². The van der Waals surface area contributed by atoms with Gasteiger partial charge in [-0.15, -0.1) is 0 Å². The number of likely N-dealkylation sites (tertiary alicyclic amines) is 1. The summed E-state index contributed by atoms with van der Waals surface area (Å²) >= 11 is 0. The molecule has 0 bridgehead atoms. The second-order valence-electron chi connectivity index (χ2n) is 5.23. The normalized spacial score (nSPS) is 20.9. The quantitative estimate of drug-likeness (QED) is 0.888.